The molecule has 4 heteroatoms. The van der Waals surface area contributed by atoms with E-state index in [4.69, 9.17) is 4.74 Å². The van der Waals surface area contributed by atoms with Gasteiger partial charge in [-0.1, -0.05) is 30.3 Å². The van der Waals surface area contributed by atoms with Crippen molar-refractivity contribution in [2.24, 2.45) is 0 Å². The molecule has 0 spiro atoms. The molecule has 0 radical (unpaired) electrons. The van der Waals surface area contributed by atoms with Gasteiger partial charge in [0.1, 0.15) is 5.60 Å². The van der Waals surface area contributed by atoms with Crippen LogP contribution in [-0.2, 0) is 20.3 Å². The van der Waals surface area contributed by atoms with Crippen molar-refractivity contribution >= 4 is 16.6 Å². The summed E-state index contributed by atoms with van der Waals surface area (Å²) >= 11 is 0. The van der Waals surface area contributed by atoms with Gasteiger partial charge in [-0.05, 0) is 43.2 Å². The van der Waals surface area contributed by atoms with Crippen molar-refractivity contribution in [2.75, 3.05) is 7.11 Å². The van der Waals surface area contributed by atoms with Gasteiger partial charge in [-0.15, -0.1) is 0 Å². The largest absolute Gasteiger partial charge is 0.370 e. The summed E-state index contributed by atoms with van der Waals surface area (Å²) < 4.78 is 18.1. The molecule has 1 fully saturated rings. The predicted molar refractivity (Wildman–Crippen MR) is 90.0 cm³/mol. The highest BCUT2D eigenvalue weighted by Gasteiger charge is 2.46. The molecule has 0 aromatic heterocycles. The third-order valence-corrected chi connectivity index (χ3v) is 6.16. The molecule has 0 heterocycles. The van der Waals surface area contributed by atoms with Gasteiger partial charge in [0.15, 0.2) is 5.78 Å². The summed E-state index contributed by atoms with van der Waals surface area (Å²) in [6.45, 7) is 1.86. The third kappa shape index (κ3) is 2.89. The SMILES string of the molecule is CO[C@@]1(C)C(=O)CC[C@@H]1c1ccc(S(=O)c2ccccc2)cc1. The number of carbonyl (C=O) groups excluding carboxylic acids is 1. The first-order valence-corrected chi connectivity index (χ1v) is 8.86. The highest BCUT2D eigenvalue weighted by Crippen LogP contribution is 2.42. The molecule has 2 aromatic carbocycles. The Morgan fingerprint density at radius 3 is 2.26 bits per heavy atom. The molecule has 1 unspecified atom stereocenters. The summed E-state index contributed by atoms with van der Waals surface area (Å²) in [6, 6.07) is 17.1. The Balaban J connectivity index is 1.86. The highest BCUT2D eigenvalue weighted by atomic mass is 32.2. The van der Waals surface area contributed by atoms with E-state index in [1.165, 1.54) is 0 Å². The number of rotatable bonds is 4. The predicted octanol–water partition coefficient (Wildman–Crippen LogP) is 3.70. The summed E-state index contributed by atoms with van der Waals surface area (Å²) in [4.78, 5) is 13.7. The molecule has 3 rings (SSSR count). The molecule has 0 aliphatic heterocycles. The molecule has 1 aliphatic carbocycles. The van der Waals surface area contributed by atoms with E-state index in [1.807, 2.05) is 61.5 Å². The van der Waals surface area contributed by atoms with Crippen LogP contribution in [0.4, 0.5) is 0 Å². The van der Waals surface area contributed by atoms with Crippen LogP contribution in [0.25, 0.3) is 0 Å². The number of methoxy groups -OCH3 is 1. The van der Waals surface area contributed by atoms with Crippen molar-refractivity contribution in [3.8, 4) is 0 Å². The monoisotopic (exact) mass is 328 g/mol. The smallest absolute Gasteiger partial charge is 0.164 e. The second-order valence-corrected chi connectivity index (χ2v) is 7.46. The first kappa shape index (κ1) is 16.1. The van der Waals surface area contributed by atoms with Crippen molar-refractivity contribution in [3.63, 3.8) is 0 Å². The first-order chi connectivity index (χ1) is 11.1. The lowest BCUT2D eigenvalue weighted by Gasteiger charge is -2.28. The molecule has 23 heavy (non-hydrogen) atoms. The van der Waals surface area contributed by atoms with Crippen LogP contribution in [0.3, 0.4) is 0 Å². The van der Waals surface area contributed by atoms with E-state index in [1.54, 1.807) is 7.11 Å². The Morgan fingerprint density at radius 2 is 1.65 bits per heavy atom. The van der Waals surface area contributed by atoms with Gasteiger partial charge in [-0.25, -0.2) is 4.21 Å². The number of hydrogen-bond acceptors (Lipinski definition) is 3. The third-order valence-electron chi connectivity index (χ3n) is 4.76. The number of ether oxygens (including phenoxy) is 1. The summed E-state index contributed by atoms with van der Waals surface area (Å²) in [5.41, 5.74) is 0.314. The minimum Gasteiger partial charge on any atom is -0.370 e. The lowest BCUT2D eigenvalue weighted by Crippen LogP contribution is -2.37. The fourth-order valence-corrected chi connectivity index (χ4v) is 4.30. The van der Waals surface area contributed by atoms with Gasteiger partial charge < -0.3 is 4.74 Å². The van der Waals surface area contributed by atoms with Crippen LogP contribution in [-0.4, -0.2) is 22.7 Å². The Bertz CT molecular complexity index is 724. The van der Waals surface area contributed by atoms with Gasteiger partial charge in [0.05, 0.1) is 10.8 Å². The lowest BCUT2D eigenvalue weighted by atomic mass is 9.86. The van der Waals surface area contributed by atoms with Crippen LogP contribution in [0.2, 0.25) is 0 Å². The Labute approximate surface area is 139 Å². The average molecular weight is 328 g/mol. The maximum absolute atomic E-state index is 12.5. The second-order valence-electron chi connectivity index (χ2n) is 5.98. The fourth-order valence-electron chi connectivity index (χ4n) is 3.24. The molecule has 2 aromatic rings. The summed E-state index contributed by atoms with van der Waals surface area (Å²) in [6.07, 6.45) is 1.34. The van der Waals surface area contributed by atoms with Gasteiger partial charge in [-0.2, -0.15) is 0 Å². The average Bonchev–Trinajstić information content (AvgIpc) is 2.91. The Morgan fingerprint density at radius 1 is 1.04 bits per heavy atom. The van der Waals surface area contributed by atoms with Crippen LogP contribution >= 0.6 is 0 Å². The Hall–Kier alpha value is -1.78. The zero-order valence-electron chi connectivity index (χ0n) is 13.3. The van der Waals surface area contributed by atoms with Gasteiger partial charge >= 0.3 is 0 Å². The van der Waals surface area contributed by atoms with E-state index >= 15 is 0 Å². The van der Waals surface area contributed by atoms with Gasteiger partial charge in [0.2, 0.25) is 0 Å². The quantitative estimate of drug-likeness (QED) is 0.859. The lowest BCUT2D eigenvalue weighted by molar-refractivity contribution is -0.136. The van der Waals surface area contributed by atoms with Crippen LogP contribution in [0.5, 0.6) is 0 Å². The zero-order valence-corrected chi connectivity index (χ0v) is 14.1. The van der Waals surface area contributed by atoms with Crippen molar-refractivity contribution in [3.05, 3.63) is 60.2 Å². The number of carbonyl (C=O) groups is 1. The van der Waals surface area contributed by atoms with Crippen LogP contribution < -0.4 is 0 Å². The topological polar surface area (TPSA) is 43.4 Å². The molecule has 0 amide bonds. The van der Waals surface area contributed by atoms with E-state index in [9.17, 15) is 9.00 Å². The molecule has 3 nitrogen and oxygen atoms in total. The minimum atomic E-state index is -1.18. The second kappa shape index (κ2) is 6.38. The summed E-state index contributed by atoms with van der Waals surface area (Å²) in [5, 5.41) is 0. The van der Waals surface area contributed by atoms with E-state index < -0.39 is 16.4 Å². The standard InChI is InChI=1S/C19H20O3S/c1-19(22-2)17(12-13-18(19)20)14-8-10-16(11-9-14)23(21)15-6-4-3-5-7-15/h3-11,17H,12-13H2,1-2H3/t17-,19-,23?/m1/s1. The van der Waals surface area contributed by atoms with E-state index in [0.717, 1.165) is 21.8 Å². The molecular formula is C19H20O3S. The molecule has 3 atom stereocenters. The number of benzene rings is 2. The van der Waals surface area contributed by atoms with E-state index in [-0.39, 0.29) is 11.7 Å². The molecule has 1 aliphatic rings. The van der Waals surface area contributed by atoms with E-state index in [2.05, 4.69) is 0 Å². The molecule has 0 saturated heterocycles. The van der Waals surface area contributed by atoms with Gasteiger partial charge in [0.25, 0.3) is 0 Å². The number of hydrogen-bond donors (Lipinski definition) is 0. The normalized spacial score (nSPS) is 25.5. The summed E-state index contributed by atoms with van der Waals surface area (Å²) in [7, 11) is 0.410. The van der Waals surface area contributed by atoms with Crippen molar-refractivity contribution in [2.45, 2.75) is 41.1 Å². The maximum Gasteiger partial charge on any atom is 0.164 e. The number of Topliss-reactive ketones (excluding diaryl/α,β-unsaturated/α-hetero) is 1. The van der Waals surface area contributed by atoms with Crippen molar-refractivity contribution in [1.29, 1.82) is 0 Å². The first-order valence-electron chi connectivity index (χ1n) is 7.71. The van der Waals surface area contributed by atoms with Crippen LogP contribution in [0.1, 0.15) is 31.2 Å². The summed E-state index contributed by atoms with van der Waals surface area (Å²) in [5.74, 6) is 0.209. The van der Waals surface area contributed by atoms with E-state index in [0.29, 0.717) is 6.42 Å². The Kier molecular flexibility index (Phi) is 4.46. The van der Waals surface area contributed by atoms with Crippen LogP contribution in [0, 0.1) is 0 Å². The molecule has 0 N–H and O–H groups in total. The van der Waals surface area contributed by atoms with Crippen molar-refractivity contribution in [1.82, 2.24) is 0 Å². The van der Waals surface area contributed by atoms with Crippen LogP contribution in [0.15, 0.2) is 64.4 Å². The number of ketones is 1. The van der Waals surface area contributed by atoms with Crippen molar-refractivity contribution < 1.29 is 13.7 Å². The molecular weight excluding hydrogens is 308 g/mol. The fraction of sp³-hybridized carbons (Fsp3) is 0.316. The van der Waals surface area contributed by atoms with Gasteiger partial charge in [-0.3, -0.25) is 4.79 Å². The van der Waals surface area contributed by atoms with Gasteiger partial charge in [0, 0.05) is 29.2 Å². The minimum absolute atomic E-state index is 0.0548. The molecule has 120 valence electrons. The molecule has 0 bridgehead atoms. The molecule has 1 saturated carbocycles. The maximum atomic E-state index is 12.5. The highest BCUT2D eigenvalue weighted by molar-refractivity contribution is 7.85. The zero-order chi connectivity index (χ0) is 16.4.